The first kappa shape index (κ1) is 11.1. The molecule has 0 fully saturated rings. The van der Waals surface area contributed by atoms with Gasteiger partial charge in [0.1, 0.15) is 11.8 Å². The molecule has 1 rings (SSSR count). The number of hydrogen-bond donors (Lipinski definition) is 1. The van der Waals surface area contributed by atoms with Gasteiger partial charge in [0.15, 0.2) is 0 Å². The molecule has 4 heteroatoms. The Kier molecular flexibility index (Phi) is 3.69. The maximum atomic E-state index is 11.2. The molecule has 0 atom stereocenters. The second-order valence-corrected chi connectivity index (χ2v) is 3.31. The number of nitrogens with one attached hydrogen (secondary N) is 1. The molecule has 0 saturated heterocycles. The number of hydrogen-bond acceptors (Lipinski definition) is 3. The van der Waals surface area contributed by atoms with Crippen molar-refractivity contribution >= 4 is 12.0 Å². The Bertz CT molecular complexity index is 410. The predicted molar refractivity (Wildman–Crippen MR) is 55.7 cm³/mol. The van der Waals surface area contributed by atoms with E-state index in [1.807, 2.05) is 19.9 Å². The molecule has 0 radical (unpaired) electrons. The van der Waals surface area contributed by atoms with Crippen molar-refractivity contribution < 1.29 is 9.21 Å². The molecule has 0 aliphatic carbocycles. The fourth-order valence-electron chi connectivity index (χ4n) is 0.993. The van der Waals surface area contributed by atoms with Crippen molar-refractivity contribution in [2.45, 2.75) is 19.9 Å². The second-order valence-electron chi connectivity index (χ2n) is 3.31. The number of carbonyl (C=O) groups is 1. The lowest BCUT2D eigenvalue weighted by molar-refractivity contribution is -0.116. The van der Waals surface area contributed by atoms with Crippen LogP contribution in [-0.2, 0) is 4.79 Å². The van der Waals surface area contributed by atoms with Gasteiger partial charge in [-0.1, -0.05) is 0 Å². The zero-order valence-electron chi connectivity index (χ0n) is 8.65. The average Bonchev–Trinajstić information content (AvgIpc) is 2.61. The van der Waals surface area contributed by atoms with Crippen LogP contribution in [-0.4, -0.2) is 11.9 Å². The molecule has 1 aromatic heterocycles. The van der Waals surface area contributed by atoms with Crippen LogP contribution in [0.2, 0.25) is 0 Å². The lowest BCUT2D eigenvalue weighted by atomic mass is 10.3. The minimum absolute atomic E-state index is 0.105. The fourth-order valence-corrected chi connectivity index (χ4v) is 0.993. The molecule has 0 saturated carbocycles. The van der Waals surface area contributed by atoms with Crippen LogP contribution in [0.15, 0.2) is 22.6 Å². The van der Waals surface area contributed by atoms with Gasteiger partial charge in [-0.15, -0.1) is 0 Å². The molecule has 0 unspecified atom stereocenters. The molecular formula is C11H12N2O2. The van der Waals surface area contributed by atoms with Gasteiger partial charge >= 0.3 is 0 Å². The highest BCUT2D eigenvalue weighted by Crippen LogP contribution is 2.07. The maximum absolute atomic E-state index is 11.2. The van der Waals surface area contributed by atoms with Crippen molar-refractivity contribution in [3.8, 4) is 6.07 Å². The van der Waals surface area contributed by atoms with E-state index in [1.54, 1.807) is 12.1 Å². The summed E-state index contributed by atoms with van der Waals surface area (Å²) in [5.41, 5.74) is 0. The van der Waals surface area contributed by atoms with Crippen LogP contribution in [0.5, 0.6) is 0 Å². The van der Waals surface area contributed by atoms with Crippen molar-refractivity contribution in [1.82, 2.24) is 5.32 Å². The van der Waals surface area contributed by atoms with Gasteiger partial charge in [0.05, 0.1) is 0 Å². The molecule has 4 nitrogen and oxygen atoms in total. The summed E-state index contributed by atoms with van der Waals surface area (Å²) in [5, 5.41) is 11.2. The summed E-state index contributed by atoms with van der Waals surface area (Å²) in [6, 6.07) is 5.16. The van der Waals surface area contributed by atoms with Gasteiger partial charge in [-0.3, -0.25) is 4.79 Å². The molecule has 1 aromatic rings. The van der Waals surface area contributed by atoms with Crippen LogP contribution in [0.3, 0.4) is 0 Å². The maximum Gasteiger partial charge on any atom is 0.244 e. The summed E-state index contributed by atoms with van der Waals surface area (Å²) in [6.45, 7) is 3.76. The van der Waals surface area contributed by atoms with Crippen molar-refractivity contribution in [2.75, 3.05) is 0 Å². The van der Waals surface area contributed by atoms with Crippen LogP contribution < -0.4 is 5.32 Å². The number of rotatable bonds is 3. The van der Waals surface area contributed by atoms with Crippen LogP contribution in [0.1, 0.15) is 25.4 Å². The molecule has 0 aliphatic rings. The van der Waals surface area contributed by atoms with E-state index in [0.717, 1.165) is 0 Å². The van der Waals surface area contributed by atoms with Crippen molar-refractivity contribution in [1.29, 1.82) is 5.26 Å². The van der Waals surface area contributed by atoms with E-state index in [0.29, 0.717) is 5.76 Å². The van der Waals surface area contributed by atoms with E-state index in [9.17, 15) is 4.79 Å². The average molecular weight is 204 g/mol. The molecule has 1 N–H and O–H groups in total. The van der Waals surface area contributed by atoms with Gasteiger partial charge in [-0.2, -0.15) is 5.26 Å². The van der Waals surface area contributed by atoms with Gasteiger partial charge in [-0.25, -0.2) is 0 Å². The lowest BCUT2D eigenvalue weighted by Gasteiger charge is -2.03. The second kappa shape index (κ2) is 5.01. The zero-order chi connectivity index (χ0) is 11.3. The number of furan rings is 1. The Morgan fingerprint density at radius 1 is 1.60 bits per heavy atom. The van der Waals surface area contributed by atoms with Gasteiger partial charge < -0.3 is 9.73 Å². The largest absolute Gasteiger partial charge is 0.446 e. The van der Waals surface area contributed by atoms with E-state index in [2.05, 4.69) is 5.32 Å². The first-order valence-corrected chi connectivity index (χ1v) is 4.60. The third-order valence-electron chi connectivity index (χ3n) is 1.57. The first-order valence-electron chi connectivity index (χ1n) is 4.60. The molecule has 1 heterocycles. The summed E-state index contributed by atoms with van der Waals surface area (Å²) < 4.78 is 5.06. The van der Waals surface area contributed by atoms with E-state index >= 15 is 0 Å². The summed E-state index contributed by atoms with van der Waals surface area (Å²) in [6.07, 6.45) is 2.90. The minimum atomic E-state index is -0.181. The van der Waals surface area contributed by atoms with Gasteiger partial charge in [0, 0.05) is 12.1 Å². The summed E-state index contributed by atoms with van der Waals surface area (Å²) in [5.74, 6) is 0.546. The van der Waals surface area contributed by atoms with Crippen LogP contribution in [0, 0.1) is 11.3 Å². The van der Waals surface area contributed by atoms with E-state index in [1.165, 1.54) is 12.2 Å². The molecular weight excluding hydrogens is 192 g/mol. The van der Waals surface area contributed by atoms with Crippen LogP contribution in [0.25, 0.3) is 6.08 Å². The normalized spacial score (nSPS) is 10.5. The van der Waals surface area contributed by atoms with Crippen LogP contribution >= 0.6 is 0 Å². The molecule has 1 amide bonds. The van der Waals surface area contributed by atoms with E-state index < -0.39 is 0 Å². The number of carbonyl (C=O) groups excluding carboxylic acids is 1. The quantitative estimate of drug-likeness (QED) is 0.762. The highest BCUT2D eigenvalue weighted by atomic mass is 16.3. The highest BCUT2D eigenvalue weighted by molar-refractivity contribution is 5.91. The summed E-state index contributed by atoms with van der Waals surface area (Å²) >= 11 is 0. The Hall–Kier alpha value is -2.02. The standard InChI is InChI=1S/C11H12N2O2/c1-8(2)13-11(14)6-5-9-3-4-10(7-12)15-9/h3-6,8H,1-2H3,(H,13,14). The number of amides is 1. The topological polar surface area (TPSA) is 66.0 Å². The molecule has 0 aromatic carbocycles. The fraction of sp³-hybridized carbons (Fsp3) is 0.273. The molecule has 0 spiro atoms. The summed E-state index contributed by atoms with van der Waals surface area (Å²) in [7, 11) is 0. The highest BCUT2D eigenvalue weighted by Gasteiger charge is 1.99. The van der Waals surface area contributed by atoms with E-state index in [-0.39, 0.29) is 17.7 Å². The van der Waals surface area contributed by atoms with Gasteiger partial charge in [0.25, 0.3) is 0 Å². The Morgan fingerprint density at radius 2 is 2.33 bits per heavy atom. The first-order chi connectivity index (χ1) is 7.11. The molecule has 78 valence electrons. The van der Waals surface area contributed by atoms with Crippen molar-refractivity contribution in [3.05, 3.63) is 29.7 Å². The SMILES string of the molecule is CC(C)NC(=O)C=Cc1ccc(C#N)o1. The Morgan fingerprint density at radius 3 is 2.87 bits per heavy atom. The van der Waals surface area contributed by atoms with Crippen molar-refractivity contribution in [2.24, 2.45) is 0 Å². The van der Waals surface area contributed by atoms with Crippen molar-refractivity contribution in [3.63, 3.8) is 0 Å². The Balaban J connectivity index is 2.58. The van der Waals surface area contributed by atoms with Gasteiger partial charge in [-0.05, 0) is 32.1 Å². The minimum Gasteiger partial charge on any atom is -0.446 e. The smallest absolute Gasteiger partial charge is 0.244 e. The Labute approximate surface area is 88.2 Å². The molecule has 15 heavy (non-hydrogen) atoms. The number of nitriles is 1. The van der Waals surface area contributed by atoms with E-state index in [4.69, 9.17) is 9.68 Å². The van der Waals surface area contributed by atoms with Crippen LogP contribution in [0.4, 0.5) is 0 Å². The zero-order valence-corrected chi connectivity index (χ0v) is 8.65. The monoisotopic (exact) mass is 204 g/mol. The third-order valence-corrected chi connectivity index (χ3v) is 1.57. The lowest BCUT2D eigenvalue weighted by Crippen LogP contribution is -2.28. The molecule has 0 bridgehead atoms. The predicted octanol–water partition coefficient (Wildman–Crippen LogP) is 1.69. The molecule has 0 aliphatic heterocycles. The summed E-state index contributed by atoms with van der Waals surface area (Å²) in [4.78, 5) is 11.2. The van der Waals surface area contributed by atoms with Gasteiger partial charge in [0.2, 0.25) is 11.7 Å². The number of nitrogens with zero attached hydrogens (tertiary/aromatic N) is 1. The third kappa shape index (κ3) is 3.69.